The van der Waals surface area contributed by atoms with E-state index >= 15 is 0 Å². The van der Waals surface area contributed by atoms with Gasteiger partial charge in [0, 0.05) is 24.5 Å². The molecule has 0 amide bonds. The maximum Gasteiger partial charge on any atom is 0.0299 e. The average molecular weight is 193 g/mol. The van der Waals surface area contributed by atoms with Gasteiger partial charge < -0.3 is 11.5 Å². The molecule has 0 aliphatic carbocycles. The molecular formula is C11H19N3. The van der Waals surface area contributed by atoms with E-state index in [-0.39, 0.29) is 12.1 Å². The Labute approximate surface area is 85.5 Å². The van der Waals surface area contributed by atoms with Crippen LogP contribution in [0.2, 0.25) is 0 Å². The summed E-state index contributed by atoms with van der Waals surface area (Å²) in [6, 6.07) is 4.42. The summed E-state index contributed by atoms with van der Waals surface area (Å²) < 4.78 is 0. The van der Waals surface area contributed by atoms with E-state index in [1.807, 2.05) is 19.2 Å². The summed E-state index contributed by atoms with van der Waals surface area (Å²) in [5.41, 5.74) is 12.8. The zero-order chi connectivity index (χ0) is 10.4. The van der Waals surface area contributed by atoms with Crippen LogP contribution in [-0.2, 0) is 6.42 Å². The Hall–Kier alpha value is -0.930. The number of rotatable bonds is 5. The summed E-state index contributed by atoms with van der Waals surface area (Å²) in [5, 5.41) is 0. The number of pyridine rings is 1. The van der Waals surface area contributed by atoms with E-state index in [4.69, 9.17) is 11.5 Å². The molecule has 0 fully saturated rings. The highest BCUT2D eigenvalue weighted by Crippen LogP contribution is 2.05. The summed E-state index contributed by atoms with van der Waals surface area (Å²) in [4.78, 5) is 4.06. The van der Waals surface area contributed by atoms with Crippen molar-refractivity contribution in [2.75, 3.05) is 0 Å². The van der Waals surface area contributed by atoms with Gasteiger partial charge >= 0.3 is 0 Å². The standard InChI is InChI=1S/C11H19N3/c1-9(12)7-11(13)5-4-10-3-2-6-14-8-10/h2-3,6,8-9,11H,4-5,7,12-13H2,1H3/t9-,11?/m1/s1. The van der Waals surface area contributed by atoms with E-state index in [0.29, 0.717) is 0 Å². The number of hydrogen-bond donors (Lipinski definition) is 2. The zero-order valence-corrected chi connectivity index (χ0v) is 8.69. The normalized spacial score (nSPS) is 15.1. The van der Waals surface area contributed by atoms with Crippen molar-refractivity contribution in [3.63, 3.8) is 0 Å². The molecule has 4 N–H and O–H groups in total. The molecule has 3 heteroatoms. The van der Waals surface area contributed by atoms with Crippen molar-refractivity contribution >= 4 is 0 Å². The summed E-state index contributed by atoms with van der Waals surface area (Å²) in [6.07, 6.45) is 6.53. The second kappa shape index (κ2) is 5.73. The highest BCUT2D eigenvalue weighted by Gasteiger charge is 2.05. The Morgan fingerprint density at radius 2 is 2.21 bits per heavy atom. The Morgan fingerprint density at radius 1 is 1.43 bits per heavy atom. The highest BCUT2D eigenvalue weighted by atomic mass is 14.7. The fourth-order valence-electron chi connectivity index (χ4n) is 1.49. The molecule has 0 radical (unpaired) electrons. The molecule has 2 atom stereocenters. The molecule has 0 saturated heterocycles. The molecule has 1 aromatic rings. The molecule has 0 spiro atoms. The van der Waals surface area contributed by atoms with Gasteiger partial charge in [-0.25, -0.2) is 0 Å². The van der Waals surface area contributed by atoms with Crippen LogP contribution in [0, 0.1) is 0 Å². The number of hydrogen-bond acceptors (Lipinski definition) is 3. The summed E-state index contributed by atoms with van der Waals surface area (Å²) in [5.74, 6) is 0. The molecule has 1 rings (SSSR count). The lowest BCUT2D eigenvalue weighted by Crippen LogP contribution is -2.29. The Kier molecular flexibility index (Phi) is 4.56. The molecule has 1 heterocycles. The van der Waals surface area contributed by atoms with Gasteiger partial charge in [-0.15, -0.1) is 0 Å². The van der Waals surface area contributed by atoms with Crippen molar-refractivity contribution in [1.82, 2.24) is 4.98 Å². The SMILES string of the molecule is C[C@@H](N)CC(N)CCc1cccnc1. The minimum absolute atomic E-state index is 0.193. The molecule has 3 nitrogen and oxygen atoms in total. The first-order valence-electron chi connectivity index (χ1n) is 5.08. The van der Waals surface area contributed by atoms with E-state index < -0.39 is 0 Å². The van der Waals surface area contributed by atoms with Crippen molar-refractivity contribution in [3.05, 3.63) is 30.1 Å². The summed E-state index contributed by atoms with van der Waals surface area (Å²) >= 11 is 0. The predicted molar refractivity (Wildman–Crippen MR) is 58.8 cm³/mol. The molecule has 0 saturated carbocycles. The van der Waals surface area contributed by atoms with Gasteiger partial charge in [0.05, 0.1) is 0 Å². The molecule has 0 aliphatic heterocycles. The summed E-state index contributed by atoms with van der Waals surface area (Å²) in [7, 11) is 0. The molecule has 1 aromatic heterocycles. The third-order valence-electron chi connectivity index (χ3n) is 2.20. The van der Waals surface area contributed by atoms with Gasteiger partial charge in [-0.3, -0.25) is 4.98 Å². The van der Waals surface area contributed by atoms with Crippen LogP contribution in [0.1, 0.15) is 25.3 Å². The van der Waals surface area contributed by atoms with Gasteiger partial charge in [-0.1, -0.05) is 6.07 Å². The minimum atomic E-state index is 0.193. The topological polar surface area (TPSA) is 64.9 Å². The largest absolute Gasteiger partial charge is 0.328 e. The lowest BCUT2D eigenvalue weighted by atomic mass is 10.0. The lowest BCUT2D eigenvalue weighted by molar-refractivity contribution is 0.517. The quantitative estimate of drug-likeness (QED) is 0.735. The molecule has 78 valence electrons. The maximum absolute atomic E-state index is 5.92. The third-order valence-corrected chi connectivity index (χ3v) is 2.20. The minimum Gasteiger partial charge on any atom is -0.328 e. The van der Waals surface area contributed by atoms with Crippen LogP contribution in [0.5, 0.6) is 0 Å². The molecule has 0 aliphatic rings. The highest BCUT2D eigenvalue weighted by molar-refractivity contribution is 5.08. The van der Waals surface area contributed by atoms with Gasteiger partial charge in [0.25, 0.3) is 0 Å². The van der Waals surface area contributed by atoms with Gasteiger partial charge in [0.15, 0.2) is 0 Å². The van der Waals surface area contributed by atoms with Gasteiger partial charge in [0.2, 0.25) is 0 Å². The number of aryl methyl sites for hydroxylation is 1. The first kappa shape index (κ1) is 11.1. The first-order chi connectivity index (χ1) is 6.68. The van der Waals surface area contributed by atoms with Crippen molar-refractivity contribution < 1.29 is 0 Å². The van der Waals surface area contributed by atoms with E-state index in [0.717, 1.165) is 19.3 Å². The number of nitrogens with two attached hydrogens (primary N) is 2. The molecule has 14 heavy (non-hydrogen) atoms. The monoisotopic (exact) mass is 193 g/mol. The van der Waals surface area contributed by atoms with Crippen molar-refractivity contribution in [3.8, 4) is 0 Å². The van der Waals surface area contributed by atoms with Gasteiger partial charge in [-0.2, -0.15) is 0 Å². The lowest BCUT2D eigenvalue weighted by Gasteiger charge is -2.13. The first-order valence-corrected chi connectivity index (χ1v) is 5.08. The second-order valence-corrected chi connectivity index (χ2v) is 3.87. The molecule has 0 bridgehead atoms. The van der Waals surface area contributed by atoms with Crippen LogP contribution in [0.15, 0.2) is 24.5 Å². The fraction of sp³-hybridized carbons (Fsp3) is 0.545. The molecule has 0 aromatic carbocycles. The molecular weight excluding hydrogens is 174 g/mol. The van der Waals surface area contributed by atoms with Crippen LogP contribution in [-0.4, -0.2) is 17.1 Å². The Bertz CT molecular complexity index is 246. The van der Waals surface area contributed by atoms with Crippen LogP contribution >= 0.6 is 0 Å². The van der Waals surface area contributed by atoms with Crippen molar-refractivity contribution in [2.45, 2.75) is 38.3 Å². The molecule has 1 unspecified atom stereocenters. The van der Waals surface area contributed by atoms with Crippen LogP contribution in [0.25, 0.3) is 0 Å². The van der Waals surface area contributed by atoms with Crippen LogP contribution in [0.3, 0.4) is 0 Å². The van der Waals surface area contributed by atoms with E-state index in [2.05, 4.69) is 11.1 Å². The maximum atomic E-state index is 5.92. The number of aromatic nitrogens is 1. The van der Waals surface area contributed by atoms with Crippen LogP contribution < -0.4 is 11.5 Å². The van der Waals surface area contributed by atoms with Crippen molar-refractivity contribution in [1.29, 1.82) is 0 Å². The van der Waals surface area contributed by atoms with Crippen molar-refractivity contribution in [2.24, 2.45) is 11.5 Å². The van der Waals surface area contributed by atoms with Crippen LogP contribution in [0.4, 0.5) is 0 Å². The smallest absolute Gasteiger partial charge is 0.0299 e. The predicted octanol–water partition coefficient (Wildman–Crippen LogP) is 1.08. The second-order valence-electron chi connectivity index (χ2n) is 3.87. The van der Waals surface area contributed by atoms with E-state index in [1.165, 1.54) is 5.56 Å². The number of nitrogens with zero attached hydrogens (tertiary/aromatic N) is 1. The Morgan fingerprint density at radius 3 is 2.79 bits per heavy atom. The Balaban J connectivity index is 2.27. The van der Waals surface area contributed by atoms with Gasteiger partial charge in [0.1, 0.15) is 0 Å². The zero-order valence-electron chi connectivity index (χ0n) is 8.69. The average Bonchev–Trinajstić information content (AvgIpc) is 2.15. The summed E-state index contributed by atoms with van der Waals surface area (Å²) in [6.45, 7) is 1.99. The van der Waals surface area contributed by atoms with E-state index in [9.17, 15) is 0 Å². The van der Waals surface area contributed by atoms with E-state index in [1.54, 1.807) is 6.20 Å². The van der Waals surface area contributed by atoms with Gasteiger partial charge in [-0.05, 0) is 37.8 Å². The fourth-order valence-corrected chi connectivity index (χ4v) is 1.49. The third kappa shape index (κ3) is 4.35.